The Kier molecular flexibility index (Phi) is 3.12. The third kappa shape index (κ3) is 2.03. The fourth-order valence-electron chi connectivity index (χ4n) is 1.69. The number of aliphatic hydroxyl groups is 1. The second-order valence-corrected chi connectivity index (χ2v) is 4.64. The van der Waals surface area contributed by atoms with Gasteiger partial charge in [0.25, 0.3) is 0 Å². The molecule has 16 heavy (non-hydrogen) atoms. The molecule has 2 rings (SSSR count). The van der Waals surface area contributed by atoms with Crippen LogP contribution in [0.5, 0.6) is 0 Å². The number of aliphatic hydroxyl groups excluding tert-OH is 1. The highest BCUT2D eigenvalue weighted by atomic mass is 79.9. The van der Waals surface area contributed by atoms with E-state index in [-0.39, 0.29) is 6.61 Å². The van der Waals surface area contributed by atoms with Gasteiger partial charge in [-0.1, -0.05) is 6.07 Å². The van der Waals surface area contributed by atoms with E-state index < -0.39 is 0 Å². The van der Waals surface area contributed by atoms with Gasteiger partial charge < -0.3 is 5.11 Å². The zero-order chi connectivity index (χ0) is 11.7. The highest BCUT2D eigenvalue weighted by molar-refractivity contribution is 9.10. The van der Waals surface area contributed by atoms with Crippen molar-refractivity contribution in [3.63, 3.8) is 0 Å². The molecular formula is C12H13BrN2O. The average Bonchev–Trinajstić information content (AvgIpc) is 2.57. The Hall–Kier alpha value is -1.13. The maximum atomic E-state index is 9.04. The van der Waals surface area contributed by atoms with Crippen molar-refractivity contribution < 1.29 is 5.11 Å². The molecule has 0 aliphatic heterocycles. The summed E-state index contributed by atoms with van der Waals surface area (Å²) in [5.41, 5.74) is 3.96. The highest BCUT2D eigenvalue weighted by Crippen LogP contribution is 2.23. The third-order valence-electron chi connectivity index (χ3n) is 2.43. The zero-order valence-electron chi connectivity index (χ0n) is 9.24. The lowest BCUT2D eigenvalue weighted by Crippen LogP contribution is -2.00. The van der Waals surface area contributed by atoms with E-state index in [1.54, 1.807) is 0 Å². The fourth-order valence-corrected chi connectivity index (χ4v) is 2.29. The molecule has 0 amide bonds. The first-order chi connectivity index (χ1) is 7.61. The molecule has 0 saturated carbocycles. The molecule has 0 unspecified atom stereocenters. The average molecular weight is 281 g/mol. The van der Waals surface area contributed by atoms with Crippen LogP contribution in [-0.4, -0.2) is 14.9 Å². The highest BCUT2D eigenvalue weighted by Gasteiger charge is 2.07. The van der Waals surface area contributed by atoms with Crippen molar-refractivity contribution in [2.24, 2.45) is 0 Å². The van der Waals surface area contributed by atoms with Crippen LogP contribution >= 0.6 is 15.9 Å². The number of rotatable bonds is 2. The first-order valence-corrected chi connectivity index (χ1v) is 5.84. The minimum Gasteiger partial charge on any atom is -0.392 e. The minimum atomic E-state index is 0.0516. The molecule has 1 heterocycles. The van der Waals surface area contributed by atoms with Crippen molar-refractivity contribution in [3.05, 3.63) is 45.7 Å². The molecule has 3 nitrogen and oxygen atoms in total. The van der Waals surface area contributed by atoms with Gasteiger partial charge in [0, 0.05) is 10.2 Å². The van der Waals surface area contributed by atoms with Crippen LogP contribution < -0.4 is 0 Å². The van der Waals surface area contributed by atoms with Crippen molar-refractivity contribution in [3.8, 4) is 5.69 Å². The number of benzene rings is 1. The molecule has 0 aliphatic rings. The summed E-state index contributed by atoms with van der Waals surface area (Å²) in [5.74, 6) is 0. The summed E-state index contributed by atoms with van der Waals surface area (Å²) < 4.78 is 2.82. The maximum absolute atomic E-state index is 9.04. The molecule has 4 heteroatoms. The Morgan fingerprint density at radius 2 is 2.06 bits per heavy atom. The normalized spacial score (nSPS) is 10.8. The van der Waals surface area contributed by atoms with E-state index in [0.29, 0.717) is 0 Å². The molecule has 0 fully saturated rings. The van der Waals surface area contributed by atoms with E-state index in [1.165, 1.54) is 0 Å². The van der Waals surface area contributed by atoms with Gasteiger partial charge in [-0.3, -0.25) is 0 Å². The van der Waals surface area contributed by atoms with Crippen molar-refractivity contribution in [1.29, 1.82) is 0 Å². The Balaban J connectivity index is 2.52. The third-order valence-corrected chi connectivity index (χ3v) is 3.07. The first kappa shape index (κ1) is 11.4. The first-order valence-electron chi connectivity index (χ1n) is 5.04. The predicted molar refractivity (Wildman–Crippen MR) is 66.7 cm³/mol. The molecule has 0 radical (unpaired) electrons. The molecule has 0 spiro atoms. The number of aryl methyl sites for hydroxylation is 2. The molecule has 0 atom stereocenters. The van der Waals surface area contributed by atoms with Gasteiger partial charge in [0.1, 0.15) is 0 Å². The standard InChI is InChI=1S/C12H13BrN2O/c1-8-5-9(2)15(14-8)12-4-3-10(7-16)6-11(12)13/h3-6,16H,7H2,1-2H3. The van der Waals surface area contributed by atoms with Crippen molar-refractivity contribution in [2.75, 3.05) is 0 Å². The van der Waals surface area contributed by atoms with E-state index in [2.05, 4.69) is 21.0 Å². The van der Waals surface area contributed by atoms with Crippen LogP contribution in [0.2, 0.25) is 0 Å². The summed E-state index contributed by atoms with van der Waals surface area (Å²) in [6.45, 7) is 4.04. The number of hydrogen-bond acceptors (Lipinski definition) is 2. The van der Waals surface area contributed by atoms with Gasteiger partial charge in [-0.25, -0.2) is 4.68 Å². The van der Waals surface area contributed by atoms with Gasteiger partial charge in [0.15, 0.2) is 0 Å². The van der Waals surface area contributed by atoms with E-state index in [4.69, 9.17) is 5.11 Å². The predicted octanol–water partition coefficient (Wildman–Crippen LogP) is 2.74. The van der Waals surface area contributed by atoms with Crippen LogP contribution in [0.3, 0.4) is 0 Å². The summed E-state index contributed by atoms with van der Waals surface area (Å²) in [6, 6.07) is 7.80. The van der Waals surface area contributed by atoms with Crippen LogP contribution in [0.4, 0.5) is 0 Å². The molecule has 0 aliphatic carbocycles. The molecule has 84 valence electrons. The smallest absolute Gasteiger partial charge is 0.0790 e. The quantitative estimate of drug-likeness (QED) is 0.919. The number of aromatic nitrogens is 2. The second kappa shape index (κ2) is 4.39. The van der Waals surface area contributed by atoms with Crippen LogP contribution in [0.25, 0.3) is 5.69 Å². The van der Waals surface area contributed by atoms with E-state index in [0.717, 1.165) is 27.1 Å². The lowest BCUT2D eigenvalue weighted by atomic mass is 10.2. The number of nitrogens with zero attached hydrogens (tertiary/aromatic N) is 2. The van der Waals surface area contributed by atoms with Crippen molar-refractivity contribution in [2.45, 2.75) is 20.5 Å². The second-order valence-electron chi connectivity index (χ2n) is 3.78. The van der Waals surface area contributed by atoms with Crippen molar-refractivity contribution in [1.82, 2.24) is 9.78 Å². The minimum absolute atomic E-state index is 0.0516. The summed E-state index contributed by atoms with van der Waals surface area (Å²) in [6.07, 6.45) is 0. The Morgan fingerprint density at radius 3 is 2.56 bits per heavy atom. The fraction of sp³-hybridized carbons (Fsp3) is 0.250. The Morgan fingerprint density at radius 1 is 1.31 bits per heavy atom. The topological polar surface area (TPSA) is 38.0 Å². The Bertz CT molecular complexity index is 520. The van der Waals surface area contributed by atoms with E-state index in [9.17, 15) is 0 Å². The molecular weight excluding hydrogens is 268 g/mol. The van der Waals surface area contributed by atoms with E-state index in [1.807, 2.05) is 42.8 Å². The van der Waals surface area contributed by atoms with Gasteiger partial charge >= 0.3 is 0 Å². The van der Waals surface area contributed by atoms with Gasteiger partial charge in [0.2, 0.25) is 0 Å². The molecule has 1 aromatic heterocycles. The molecule has 1 N–H and O–H groups in total. The SMILES string of the molecule is Cc1cc(C)n(-c2ccc(CO)cc2Br)n1. The summed E-state index contributed by atoms with van der Waals surface area (Å²) in [5, 5.41) is 13.5. The number of hydrogen-bond donors (Lipinski definition) is 1. The number of halogens is 1. The van der Waals surface area contributed by atoms with Crippen LogP contribution in [0.1, 0.15) is 17.0 Å². The van der Waals surface area contributed by atoms with Crippen LogP contribution in [0.15, 0.2) is 28.7 Å². The zero-order valence-corrected chi connectivity index (χ0v) is 10.8. The van der Waals surface area contributed by atoms with Crippen LogP contribution in [-0.2, 0) is 6.61 Å². The summed E-state index contributed by atoms with van der Waals surface area (Å²) in [7, 11) is 0. The largest absolute Gasteiger partial charge is 0.392 e. The molecule has 2 aromatic rings. The Labute approximate surface area is 103 Å². The molecule has 1 aromatic carbocycles. The molecule has 0 saturated heterocycles. The molecule has 0 bridgehead atoms. The monoisotopic (exact) mass is 280 g/mol. The van der Waals surface area contributed by atoms with Crippen LogP contribution in [0, 0.1) is 13.8 Å². The summed E-state index contributed by atoms with van der Waals surface area (Å²) >= 11 is 3.50. The lowest BCUT2D eigenvalue weighted by Gasteiger charge is -2.08. The maximum Gasteiger partial charge on any atom is 0.0790 e. The van der Waals surface area contributed by atoms with Gasteiger partial charge in [-0.15, -0.1) is 0 Å². The lowest BCUT2D eigenvalue weighted by molar-refractivity contribution is 0.282. The van der Waals surface area contributed by atoms with Crippen molar-refractivity contribution >= 4 is 15.9 Å². The van der Waals surface area contributed by atoms with E-state index >= 15 is 0 Å². The van der Waals surface area contributed by atoms with Gasteiger partial charge in [0.05, 0.1) is 18.0 Å². The van der Waals surface area contributed by atoms with Gasteiger partial charge in [-0.2, -0.15) is 5.10 Å². The van der Waals surface area contributed by atoms with Gasteiger partial charge in [-0.05, 0) is 53.5 Å². The summed E-state index contributed by atoms with van der Waals surface area (Å²) in [4.78, 5) is 0.